The van der Waals surface area contributed by atoms with Crippen LogP contribution in [0.15, 0.2) is 24.3 Å². The topological polar surface area (TPSA) is 36.0 Å². The van der Waals surface area contributed by atoms with Crippen molar-refractivity contribution in [3.63, 3.8) is 0 Å². The van der Waals surface area contributed by atoms with Crippen LogP contribution in [0.5, 0.6) is 0 Å². The molecule has 3 rings (SSSR count). The van der Waals surface area contributed by atoms with Gasteiger partial charge < -0.3 is 9.64 Å². The highest BCUT2D eigenvalue weighted by Gasteiger charge is 2.27. The molecule has 2 heterocycles. The van der Waals surface area contributed by atoms with E-state index in [1.165, 1.54) is 6.07 Å². The molecule has 5 nitrogen and oxygen atoms in total. The maximum absolute atomic E-state index is 13.9. The molecule has 27 heavy (non-hydrogen) atoms. The van der Waals surface area contributed by atoms with Gasteiger partial charge in [0.2, 0.25) is 5.91 Å². The third-order valence-corrected chi connectivity index (χ3v) is 5.60. The molecular formula is C21H32FN3O2. The molecule has 1 amide bonds. The van der Waals surface area contributed by atoms with Gasteiger partial charge in [0.1, 0.15) is 5.82 Å². The molecule has 0 aliphatic carbocycles. The molecule has 0 N–H and O–H groups in total. The Morgan fingerprint density at radius 1 is 1.19 bits per heavy atom. The molecule has 2 saturated heterocycles. The Hall–Kier alpha value is -1.50. The fourth-order valence-electron chi connectivity index (χ4n) is 3.90. The van der Waals surface area contributed by atoms with Crippen LogP contribution in [-0.2, 0) is 16.1 Å². The molecule has 0 saturated carbocycles. The van der Waals surface area contributed by atoms with Crippen molar-refractivity contribution in [3.8, 4) is 0 Å². The first kappa shape index (κ1) is 20.2. The van der Waals surface area contributed by atoms with Crippen LogP contribution >= 0.6 is 0 Å². The SMILES string of the molecule is CC(C)N1CCO[C@@H](CC(=O)N2CCCN(Cc3ccccc3F)CC2)C1. The zero-order chi connectivity index (χ0) is 19.2. The van der Waals surface area contributed by atoms with Crippen molar-refractivity contribution in [2.24, 2.45) is 0 Å². The second-order valence-electron chi connectivity index (χ2n) is 7.89. The van der Waals surface area contributed by atoms with Crippen molar-refractivity contribution >= 4 is 5.91 Å². The molecule has 0 unspecified atom stereocenters. The molecule has 0 aromatic heterocycles. The van der Waals surface area contributed by atoms with Crippen molar-refractivity contribution in [3.05, 3.63) is 35.6 Å². The van der Waals surface area contributed by atoms with Crippen LogP contribution < -0.4 is 0 Å². The minimum Gasteiger partial charge on any atom is -0.375 e. The van der Waals surface area contributed by atoms with Crippen molar-refractivity contribution in [2.75, 3.05) is 45.9 Å². The molecule has 0 spiro atoms. The lowest BCUT2D eigenvalue weighted by atomic mass is 10.1. The molecule has 2 fully saturated rings. The third-order valence-electron chi connectivity index (χ3n) is 5.60. The van der Waals surface area contributed by atoms with E-state index in [4.69, 9.17) is 4.74 Å². The van der Waals surface area contributed by atoms with E-state index >= 15 is 0 Å². The summed E-state index contributed by atoms with van der Waals surface area (Å²) >= 11 is 0. The van der Waals surface area contributed by atoms with Crippen molar-refractivity contribution in [2.45, 2.75) is 45.4 Å². The van der Waals surface area contributed by atoms with E-state index in [9.17, 15) is 9.18 Å². The maximum Gasteiger partial charge on any atom is 0.225 e. The van der Waals surface area contributed by atoms with E-state index in [-0.39, 0.29) is 17.8 Å². The lowest BCUT2D eigenvalue weighted by Gasteiger charge is -2.36. The highest BCUT2D eigenvalue weighted by Crippen LogP contribution is 2.15. The highest BCUT2D eigenvalue weighted by molar-refractivity contribution is 5.76. The Morgan fingerprint density at radius 2 is 2.00 bits per heavy atom. The number of carbonyl (C=O) groups is 1. The quantitative estimate of drug-likeness (QED) is 0.789. The molecule has 1 aromatic carbocycles. The Labute approximate surface area is 162 Å². The second kappa shape index (κ2) is 9.62. The maximum atomic E-state index is 13.9. The second-order valence-corrected chi connectivity index (χ2v) is 7.89. The zero-order valence-corrected chi connectivity index (χ0v) is 16.6. The number of carbonyl (C=O) groups excluding carboxylic acids is 1. The monoisotopic (exact) mass is 377 g/mol. The number of benzene rings is 1. The van der Waals surface area contributed by atoms with Gasteiger partial charge in [-0.3, -0.25) is 14.6 Å². The molecule has 2 aliphatic rings. The standard InChI is InChI=1S/C21H32FN3O2/c1-17(2)25-12-13-27-19(16-25)14-21(26)24-9-5-8-23(10-11-24)15-18-6-3-4-7-20(18)22/h3-4,6-7,17,19H,5,8-16H2,1-2H3/t19-/m0/s1. The first-order chi connectivity index (χ1) is 13.0. The lowest BCUT2D eigenvalue weighted by molar-refractivity contribution is -0.136. The average Bonchev–Trinajstić information content (AvgIpc) is 2.89. The van der Waals surface area contributed by atoms with E-state index in [2.05, 4.69) is 23.6 Å². The van der Waals surface area contributed by atoms with Crippen LogP contribution in [0.3, 0.4) is 0 Å². The summed E-state index contributed by atoms with van der Waals surface area (Å²) in [6, 6.07) is 7.42. The predicted octanol–water partition coefficient (Wildman–Crippen LogP) is 2.36. The van der Waals surface area contributed by atoms with E-state index in [0.29, 0.717) is 32.2 Å². The molecule has 1 atom stereocenters. The lowest BCUT2D eigenvalue weighted by Crippen LogP contribution is -2.47. The normalized spacial score (nSPS) is 22.8. The summed E-state index contributed by atoms with van der Waals surface area (Å²) in [5, 5.41) is 0. The third kappa shape index (κ3) is 5.74. The molecule has 2 aliphatic heterocycles. The first-order valence-corrected chi connectivity index (χ1v) is 10.1. The van der Waals surface area contributed by atoms with Gasteiger partial charge in [-0.15, -0.1) is 0 Å². The van der Waals surface area contributed by atoms with Crippen LogP contribution in [0.1, 0.15) is 32.3 Å². The van der Waals surface area contributed by atoms with Crippen LogP contribution in [0.25, 0.3) is 0 Å². The van der Waals surface area contributed by atoms with E-state index in [1.807, 2.05) is 17.0 Å². The van der Waals surface area contributed by atoms with Gasteiger partial charge in [0.05, 0.1) is 19.1 Å². The molecular weight excluding hydrogens is 345 g/mol. The fourth-order valence-corrected chi connectivity index (χ4v) is 3.90. The summed E-state index contributed by atoms with van der Waals surface area (Å²) < 4.78 is 19.7. The van der Waals surface area contributed by atoms with Gasteiger partial charge >= 0.3 is 0 Å². The van der Waals surface area contributed by atoms with Gasteiger partial charge in [-0.05, 0) is 26.3 Å². The van der Waals surface area contributed by atoms with Gasteiger partial charge in [0.15, 0.2) is 0 Å². The Balaban J connectivity index is 1.48. The van der Waals surface area contributed by atoms with Crippen molar-refractivity contribution < 1.29 is 13.9 Å². The van der Waals surface area contributed by atoms with Gasteiger partial charge in [-0.25, -0.2) is 4.39 Å². The Kier molecular flexibility index (Phi) is 7.21. The predicted molar refractivity (Wildman–Crippen MR) is 104 cm³/mol. The number of halogens is 1. The Morgan fingerprint density at radius 3 is 2.78 bits per heavy atom. The van der Waals surface area contributed by atoms with Gasteiger partial charge in [0, 0.05) is 57.4 Å². The minimum atomic E-state index is -0.154. The van der Waals surface area contributed by atoms with Gasteiger partial charge in [0.25, 0.3) is 0 Å². The number of rotatable bonds is 5. The van der Waals surface area contributed by atoms with Crippen molar-refractivity contribution in [1.29, 1.82) is 0 Å². The van der Waals surface area contributed by atoms with Crippen LogP contribution in [0, 0.1) is 5.82 Å². The summed E-state index contributed by atoms with van der Waals surface area (Å²) in [6.07, 6.45) is 1.37. The summed E-state index contributed by atoms with van der Waals surface area (Å²) in [6.45, 7) is 10.6. The summed E-state index contributed by atoms with van der Waals surface area (Å²) in [5.41, 5.74) is 0.724. The number of amides is 1. The average molecular weight is 378 g/mol. The molecule has 6 heteroatoms. The van der Waals surface area contributed by atoms with Crippen LogP contribution in [-0.4, -0.2) is 78.6 Å². The fraction of sp³-hybridized carbons (Fsp3) is 0.667. The van der Waals surface area contributed by atoms with Crippen LogP contribution in [0.2, 0.25) is 0 Å². The molecule has 0 bridgehead atoms. The van der Waals surface area contributed by atoms with Gasteiger partial charge in [-0.2, -0.15) is 0 Å². The minimum absolute atomic E-state index is 0.00794. The Bertz CT molecular complexity index is 625. The largest absolute Gasteiger partial charge is 0.375 e. The highest BCUT2D eigenvalue weighted by atomic mass is 19.1. The van der Waals surface area contributed by atoms with Crippen LogP contribution in [0.4, 0.5) is 4.39 Å². The number of hydrogen-bond acceptors (Lipinski definition) is 4. The summed E-state index contributed by atoms with van der Waals surface area (Å²) in [4.78, 5) is 19.3. The number of ether oxygens (including phenoxy) is 1. The molecule has 150 valence electrons. The van der Waals surface area contributed by atoms with E-state index in [0.717, 1.165) is 44.7 Å². The molecule has 0 radical (unpaired) electrons. The van der Waals surface area contributed by atoms with E-state index < -0.39 is 0 Å². The summed E-state index contributed by atoms with van der Waals surface area (Å²) in [7, 11) is 0. The molecule has 1 aromatic rings. The van der Waals surface area contributed by atoms with Gasteiger partial charge in [-0.1, -0.05) is 18.2 Å². The number of nitrogens with zero attached hydrogens (tertiary/aromatic N) is 3. The smallest absolute Gasteiger partial charge is 0.225 e. The van der Waals surface area contributed by atoms with Crippen molar-refractivity contribution in [1.82, 2.24) is 14.7 Å². The number of hydrogen-bond donors (Lipinski definition) is 0. The number of morpholine rings is 1. The summed E-state index contributed by atoms with van der Waals surface area (Å²) in [5.74, 6) is 0.0252. The zero-order valence-electron chi connectivity index (χ0n) is 16.6. The van der Waals surface area contributed by atoms with E-state index in [1.54, 1.807) is 6.07 Å². The first-order valence-electron chi connectivity index (χ1n) is 10.1.